The quantitative estimate of drug-likeness (QED) is 0.846. The number of anilines is 2. The van der Waals surface area contributed by atoms with E-state index in [1.54, 1.807) is 0 Å². The molecule has 0 saturated carbocycles. The van der Waals surface area contributed by atoms with E-state index in [9.17, 15) is 4.39 Å². The summed E-state index contributed by atoms with van der Waals surface area (Å²) >= 11 is 3.19. The normalized spacial score (nSPS) is 17.0. The topological polar surface area (TPSA) is 41.7 Å². The second kappa shape index (κ2) is 5.32. The van der Waals surface area contributed by atoms with E-state index in [1.165, 1.54) is 13.2 Å². The maximum atomic E-state index is 14.3. The van der Waals surface area contributed by atoms with Gasteiger partial charge >= 0.3 is 0 Å². The van der Waals surface area contributed by atoms with Gasteiger partial charge in [-0.25, -0.2) is 4.39 Å². The van der Waals surface area contributed by atoms with Crippen LogP contribution in [0.1, 0.15) is 0 Å². The van der Waals surface area contributed by atoms with Crippen LogP contribution in [-0.4, -0.2) is 45.2 Å². The zero-order valence-corrected chi connectivity index (χ0v) is 12.1. The Balaban J connectivity index is 2.42. The number of benzene rings is 1. The van der Waals surface area contributed by atoms with E-state index in [1.807, 2.05) is 4.90 Å². The zero-order chi connectivity index (χ0) is 13.3. The van der Waals surface area contributed by atoms with E-state index in [4.69, 9.17) is 10.5 Å². The van der Waals surface area contributed by atoms with Crippen LogP contribution >= 0.6 is 15.9 Å². The molecule has 1 saturated heterocycles. The molecule has 0 atom stereocenters. The van der Waals surface area contributed by atoms with E-state index in [0.29, 0.717) is 21.6 Å². The summed E-state index contributed by atoms with van der Waals surface area (Å²) in [6.07, 6.45) is 0. The lowest BCUT2D eigenvalue weighted by atomic mass is 10.2. The van der Waals surface area contributed by atoms with Crippen molar-refractivity contribution < 1.29 is 9.13 Å². The number of nitrogens with zero attached hydrogens (tertiary/aromatic N) is 2. The van der Waals surface area contributed by atoms with Crippen molar-refractivity contribution in [1.29, 1.82) is 0 Å². The molecule has 0 aliphatic carbocycles. The summed E-state index contributed by atoms with van der Waals surface area (Å²) in [6, 6.07) is 1.54. The molecule has 100 valence electrons. The first kappa shape index (κ1) is 13.4. The number of methoxy groups -OCH3 is 1. The number of hydrogen-bond donors (Lipinski definition) is 1. The van der Waals surface area contributed by atoms with E-state index < -0.39 is 0 Å². The Morgan fingerprint density at radius 1 is 1.33 bits per heavy atom. The Morgan fingerprint density at radius 2 is 1.94 bits per heavy atom. The Kier molecular flexibility index (Phi) is 3.97. The number of piperazine rings is 1. The predicted octanol–water partition coefficient (Wildman–Crippen LogP) is 1.93. The summed E-state index contributed by atoms with van der Waals surface area (Å²) in [5.74, 6) is 0.103. The first-order chi connectivity index (χ1) is 8.54. The molecule has 2 N–H and O–H groups in total. The van der Waals surface area contributed by atoms with Gasteiger partial charge in [0, 0.05) is 26.2 Å². The van der Waals surface area contributed by atoms with Crippen LogP contribution in [0.25, 0.3) is 0 Å². The second-order valence-corrected chi connectivity index (χ2v) is 5.29. The molecule has 0 radical (unpaired) electrons. The third-order valence-corrected chi connectivity index (χ3v) is 3.78. The van der Waals surface area contributed by atoms with Crippen LogP contribution in [0.2, 0.25) is 0 Å². The molecule has 1 aliphatic heterocycles. The lowest BCUT2D eigenvalue weighted by Crippen LogP contribution is -2.45. The third-order valence-electron chi connectivity index (χ3n) is 3.20. The van der Waals surface area contributed by atoms with Gasteiger partial charge in [-0.2, -0.15) is 0 Å². The number of hydrogen-bond acceptors (Lipinski definition) is 4. The number of halogens is 2. The van der Waals surface area contributed by atoms with Gasteiger partial charge in [0.2, 0.25) is 0 Å². The highest BCUT2D eigenvalue weighted by Gasteiger charge is 2.24. The van der Waals surface area contributed by atoms with Crippen LogP contribution in [0.3, 0.4) is 0 Å². The maximum Gasteiger partial charge on any atom is 0.168 e. The largest absolute Gasteiger partial charge is 0.492 e. The number of nitrogens with two attached hydrogens (primary N) is 1. The molecule has 6 heteroatoms. The lowest BCUT2D eigenvalue weighted by Gasteiger charge is -2.35. The van der Waals surface area contributed by atoms with Gasteiger partial charge in [0.25, 0.3) is 0 Å². The minimum atomic E-state index is -0.314. The fourth-order valence-electron chi connectivity index (χ4n) is 2.14. The molecule has 0 unspecified atom stereocenters. The van der Waals surface area contributed by atoms with Crippen molar-refractivity contribution in [1.82, 2.24) is 4.90 Å². The zero-order valence-electron chi connectivity index (χ0n) is 10.5. The first-order valence-electron chi connectivity index (χ1n) is 5.79. The maximum absolute atomic E-state index is 14.3. The van der Waals surface area contributed by atoms with Crippen molar-refractivity contribution in [2.45, 2.75) is 0 Å². The summed E-state index contributed by atoms with van der Waals surface area (Å²) in [4.78, 5) is 4.19. The lowest BCUT2D eigenvalue weighted by molar-refractivity contribution is 0.309. The molecule has 18 heavy (non-hydrogen) atoms. The molecular weight excluding hydrogens is 301 g/mol. The molecule has 1 aromatic rings. The molecule has 1 aromatic carbocycles. The SMILES string of the molecule is COc1c(N)cc(Br)c(F)c1N1CCN(C)CC1. The molecule has 1 aliphatic rings. The molecule has 0 amide bonds. The minimum Gasteiger partial charge on any atom is -0.492 e. The van der Waals surface area contributed by atoms with Gasteiger partial charge in [0.1, 0.15) is 5.69 Å². The van der Waals surface area contributed by atoms with Gasteiger partial charge in [-0.15, -0.1) is 0 Å². The highest BCUT2D eigenvalue weighted by molar-refractivity contribution is 9.10. The summed E-state index contributed by atoms with van der Waals surface area (Å²) < 4.78 is 19.9. The molecule has 0 spiro atoms. The van der Waals surface area contributed by atoms with Crippen molar-refractivity contribution in [3.8, 4) is 5.75 Å². The van der Waals surface area contributed by atoms with E-state index >= 15 is 0 Å². The van der Waals surface area contributed by atoms with Gasteiger partial charge in [-0.1, -0.05) is 0 Å². The minimum absolute atomic E-state index is 0.314. The van der Waals surface area contributed by atoms with E-state index in [0.717, 1.165) is 26.2 Å². The van der Waals surface area contributed by atoms with Crippen LogP contribution in [0, 0.1) is 5.82 Å². The number of likely N-dealkylation sites (N-methyl/N-ethyl adjacent to an activating group) is 1. The molecule has 2 rings (SSSR count). The Labute approximate surface area is 115 Å². The van der Waals surface area contributed by atoms with Crippen molar-refractivity contribution in [2.75, 3.05) is 51.0 Å². The van der Waals surface area contributed by atoms with Crippen molar-refractivity contribution in [2.24, 2.45) is 0 Å². The Bertz CT molecular complexity index is 447. The summed E-state index contributed by atoms with van der Waals surface area (Å²) in [7, 11) is 3.57. The molecule has 0 aromatic heterocycles. The number of nitrogen functional groups attached to an aromatic ring is 1. The highest BCUT2D eigenvalue weighted by atomic mass is 79.9. The third kappa shape index (κ3) is 2.40. The number of ether oxygens (including phenoxy) is 1. The van der Waals surface area contributed by atoms with E-state index in [2.05, 4.69) is 27.9 Å². The van der Waals surface area contributed by atoms with Crippen molar-refractivity contribution in [3.05, 3.63) is 16.4 Å². The first-order valence-corrected chi connectivity index (χ1v) is 6.59. The molecule has 4 nitrogen and oxygen atoms in total. The second-order valence-electron chi connectivity index (χ2n) is 4.43. The Morgan fingerprint density at radius 3 is 2.50 bits per heavy atom. The monoisotopic (exact) mass is 317 g/mol. The van der Waals surface area contributed by atoms with Crippen LogP contribution in [0.4, 0.5) is 15.8 Å². The average molecular weight is 318 g/mol. The fraction of sp³-hybridized carbons (Fsp3) is 0.500. The Hall–Kier alpha value is -1.01. The fourth-order valence-corrected chi connectivity index (χ4v) is 2.58. The molecule has 1 heterocycles. The van der Waals surface area contributed by atoms with Gasteiger partial charge in [0.15, 0.2) is 11.6 Å². The summed E-state index contributed by atoms with van der Waals surface area (Å²) in [5.41, 5.74) is 6.78. The van der Waals surface area contributed by atoms with Crippen LogP contribution in [0.15, 0.2) is 10.5 Å². The van der Waals surface area contributed by atoms with Gasteiger partial charge < -0.3 is 20.3 Å². The van der Waals surface area contributed by atoms with Crippen LogP contribution in [-0.2, 0) is 0 Å². The van der Waals surface area contributed by atoms with Gasteiger partial charge in [0.05, 0.1) is 17.3 Å². The molecule has 1 fully saturated rings. The van der Waals surface area contributed by atoms with E-state index in [-0.39, 0.29) is 5.82 Å². The highest BCUT2D eigenvalue weighted by Crippen LogP contribution is 2.40. The van der Waals surface area contributed by atoms with Crippen LogP contribution < -0.4 is 15.4 Å². The molecule has 0 bridgehead atoms. The summed E-state index contributed by atoms with van der Waals surface area (Å²) in [5, 5.41) is 0. The van der Waals surface area contributed by atoms with Crippen molar-refractivity contribution >= 4 is 27.3 Å². The predicted molar refractivity (Wildman–Crippen MR) is 74.8 cm³/mol. The van der Waals surface area contributed by atoms with Crippen LogP contribution in [0.5, 0.6) is 5.75 Å². The van der Waals surface area contributed by atoms with Gasteiger partial charge in [-0.05, 0) is 29.0 Å². The smallest absolute Gasteiger partial charge is 0.168 e. The molecular formula is C12H17BrFN3O. The van der Waals surface area contributed by atoms with Crippen molar-refractivity contribution in [3.63, 3.8) is 0 Å². The standard InChI is InChI=1S/C12H17BrFN3O/c1-16-3-5-17(6-4-16)11-10(14)8(13)7-9(15)12(11)18-2/h7H,3-6,15H2,1-2H3. The average Bonchev–Trinajstić information content (AvgIpc) is 2.35. The number of rotatable bonds is 2. The summed E-state index contributed by atoms with van der Waals surface area (Å²) in [6.45, 7) is 3.32. The van der Waals surface area contributed by atoms with Gasteiger partial charge in [-0.3, -0.25) is 0 Å².